The summed E-state index contributed by atoms with van der Waals surface area (Å²) in [5.74, 6) is -3.38. The van der Waals surface area contributed by atoms with Crippen LogP contribution < -0.4 is 23.7 Å². The molecule has 0 radical (unpaired) electrons. The van der Waals surface area contributed by atoms with E-state index in [1.165, 1.54) is 16.7 Å². The normalized spacial score (nSPS) is 10.6. The molecule has 2 atom stereocenters. The van der Waals surface area contributed by atoms with E-state index in [2.05, 4.69) is 192 Å². The van der Waals surface area contributed by atoms with Crippen LogP contribution in [0.1, 0.15) is 188 Å². The number of esters is 3. The molecule has 11 aromatic carbocycles. The number of carbonyl (C=O) groups excluding carboxylic acids is 3. The van der Waals surface area contributed by atoms with Gasteiger partial charge in [-0.2, -0.15) is 29.0 Å². The van der Waals surface area contributed by atoms with Crippen LogP contribution in [0.5, 0.6) is 28.7 Å². The van der Waals surface area contributed by atoms with Gasteiger partial charge in [-0.05, 0) is 259 Å². The first kappa shape index (κ1) is 114. The minimum atomic E-state index is -5.08. The Balaban J connectivity index is 0.000000402. The van der Waals surface area contributed by atoms with Crippen molar-refractivity contribution in [2.75, 3.05) is 19.8 Å². The van der Waals surface area contributed by atoms with Gasteiger partial charge in [0.05, 0.1) is 88.1 Å². The molecule has 0 aliphatic rings. The third-order valence-electron chi connectivity index (χ3n) is 17.6. The third kappa shape index (κ3) is 46.8. The number of unbranched alkanes of at least 4 members (excludes halogenated alkanes) is 1. The van der Waals surface area contributed by atoms with Gasteiger partial charge in [0, 0.05) is 0 Å². The summed E-state index contributed by atoms with van der Waals surface area (Å²) >= 11 is 12.1. The number of hydrogen-bond acceptors (Lipinski definition) is 16. The van der Waals surface area contributed by atoms with Crippen LogP contribution in [-0.2, 0) is 23.9 Å². The van der Waals surface area contributed by atoms with Crippen LogP contribution in [0.15, 0.2) is 249 Å². The molecule has 0 spiro atoms. The quantitative estimate of drug-likeness (QED) is 0.0200. The molecule has 0 saturated carbocycles. The van der Waals surface area contributed by atoms with E-state index < -0.39 is 53.6 Å². The summed E-state index contributed by atoms with van der Waals surface area (Å²) in [5, 5.41) is 60.1. The molecule has 0 heterocycles. The van der Waals surface area contributed by atoms with E-state index >= 15 is 0 Å². The second-order valence-corrected chi connectivity index (χ2v) is 76.8. The molecular formula is C100H100F3I5N3O17V2. The molecule has 2 unspecified atom stereocenters. The van der Waals surface area contributed by atoms with Crippen molar-refractivity contribution >= 4 is 142 Å². The van der Waals surface area contributed by atoms with Crippen molar-refractivity contribution in [1.29, 1.82) is 15.8 Å². The van der Waals surface area contributed by atoms with Crippen molar-refractivity contribution in [2.24, 2.45) is 11.8 Å². The van der Waals surface area contributed by atoms with Gasteiger partial charge in [-0.25, -0.2) is 33.6 Å². The predicted molar refractivity (Wildman–Crippen MR) is 536 cm³/mol. The summed E-state index contributed by atoms with van der Waals surface area (Å²) < 4.78 is 64.7. The zero-order chi connectivity index (χ0) is 97.2. The van der Waals surface area contributed by atoms with E-state index in [1.807, 2.05) is 117 Å². The van der Waals surface area contributed by atoms with Crippen molar-refractivity contribution in [3.05, 3.63) is 327 Å². The van der Waals surface area contributed by atoms with E-state index in [9.17, 15) is 41.9 Å². The van der Waals surface area contributed by atoms with Gasteiger partial charge in [0.25, 0.3) is 0 Å². The molecule has 0 aliphatic heterocycles. The number of aryl methyl sites for hydroxylation is 5. The molecule has 0 aromatic heterocycles. The molecule has 0 aliphatic carbocycles. The fraction of sp³-hybridized carbons (Fsp3) is 0.240. The van der Waals surface area contributed by atoms with Crippen LogP contribution in [0.2, 0.25) is 0 Å². The van der Waals surface area contributed by atoms with Gasteiger partial charge in [-0.3, -0.25) is 0 Å². The molecule has 0 saturated heterocycles. The molecule has 0 amide bonds. The number of carboxylic acid groups (broad SMARTS) is 4. The van der Waals surface area contributed by atoms with Gasteiger partial charge >= 0.3 is 162 Å². The van der Waals surface area contributed by atoms with E-state index in [1.54, 1.807) is 130 Å². The van der Waals surface area contributed by atoms with Gasteiger partial charge in [0.2, 0.25) is 0 Å². The summed E-state index contributed by atoms with van der Waals surface area (Å²) in [7, 11) is 0.628. The van der Waals surface area contributed by atoms with E-state index in [0.29, 0.717) is 79.4 Å². The molecular weight excluding hydrogens is 2310 g/mol. The average molecular weight is 2410 g/mol. The number of nitriles is 3. The molecule has 0 bridgehead atoms. The van der Waals surface area contributed by atoms with Crippen LogP contribution >= 0.6 is 99.9 Å². The first-order valence-electron chi connectivity index (χ1n) is 40.0. The van der Waals surface area contributed by atoms with Crippen LogP contribution in [0.25, 0.3) is 33.4 Å². The Morgan fingerprint density at radius 3 is 0.877 bits per heavy atom. The zero-order valence-electron chi connectivity index (χ0n) is 73.6. The van der Waals surface area contributed by atoms with Crippen LogP contribution in [0, 0.1) is 80.4 Å². The van der Waals surface area contributed by atoms with Crippen molar-refractivity contribution in [3.8, 4) is 80.3 Å². The Hall–Kier alpha value is -9.81. The van der Waals surface area contributed by atoms with Crippen molar-refractivity contribution in [2.45, 2.75) is 127 Å². The molecule has 11 rings (SSSR count). The Kier molecular flexibility index (Phi) is 53.7. The summed E-state index contributed by atoms with van der Waals surface area (Å²) in [6, 6.07) is 80.2. The van der Waals surface area contributed by atoms with E-state index in [0.717, 1.165) is 112 Å². The van der Waals surface area contributed by atoms with Crippen molar-refractivity contribution < 1.29 is 110 Å². The van der Waals surface area contributed by atoms with Gasteiger partial charge in [-0.1, -0.05) is 179 Å². The second-order valence-electron chi connectivity index (χ2n) is 29.6. The average Bonchev–Trinajstić information content (AvgIpc) is 0.833. The monoisotopic (exact) mass is 2410 g/mol. The number of benzene rings is 11. The van der Waals surface area contributed by atoms with Gasteiger partial charge < -0.3 is 48.8 Å². The number of carbonyl (C=O) groups is 7. The van der Waals surface area contributed by atoms with Crippen LogP contribution in [0.3, 0.4) is 0 Å². The van der Waals surface area contributed by atoms with E-state index in [-0.39, 0.29) is 21.6 Å². The molecule has 0 fully saturated rings. The number of rotatable bonds is 23. The molecule has 683 valence electrons. The zero-order valence-corrected chi connectivity index (χ0v) is 87.2. The predicted octanol–water partition coefficient (Wildman–Crippen LogP) is 27.9. The summed E-state index contributed by atoms with van der Waals surface area (Å²) in [5.41, 5.74) is 14.0. The van der Waals surface area contributed by atoms with Crippen LogP contribution in [0.4, 0.5) is 13.2 Å². The summed E-state index contributed by atoms with van der Waals surface area (Å²) in [6.45, 7) is 28.0. The Morgan fingerprint density at radius 1 is 0.385 bits per heavy atom. The number of carboxylic acids is 4. The first-order chi connectivity index (χ1) is 61.5. The number of aliphatic carboxylic acids is 1. The minimum absolute atomic E-state index is 0.104. The number of halogens is 8. The Labute approximate surface area is 824 Å². The van der Waals surface area contributed by atoms with Gasteiger partial charge in [0.15, 0.2) is 0 Å². The molecule has 11 aromatic rings. The third-order valence-corrected chi connectivity index (χ3v) is 17.6. The standard InChI is InChI=1S/C25H23NO3.C24H21NO3.C18H19NO.C13H14O6.C9H10O2.C9H12.C2HF3O2.5HI.2V/c1-3-18(2)17-28-23-12-14-24(15-13-23)29-25(27)22-10-8-21(9-11-22)20-6-4-19(16-26)5-7-20;1-2-3-16-27-22-12-14-23(15-13-22)28-24(26)21-10-8-20(9-11-21)19-6-4-18(17-25)5-7-19;1-3-14(2)13-20-18-10-8-17(9-11-18)16-6-4-15(12-19)5-7-16;1-13(2,3)19-12(18)9-5-7(10(14)15)4-8(6-9)11(16)17;1-6-3-7(2)5-8(4-6)9(10)11;1-7-4-8(2)6-9(3)5-7;3-2(4,5)1(6)7;;;;;;;/h4-15,18H,3,17H2,1-2H3;4-15H,2-3,16H2,1H3;4-11,14H,3,13H2,1-2H3;4-6H,1-3H3,(H,14,15)(H,16,17);3-5H,1-2H3,(H,10,11);4-6H,1-3H3;(H,6,7);5*1H;;/q;;;;;;;;;;;;+2;+3/p-5. The van der Waals surface area contributed by atoms with Crippen LogP contribution in [-0.4, -0.2) is 93.8 Å². The number of hydrogen-bond donors (Lipinski definition) is 4. The SMILES string of the molecule is CC(C)(C)OC(=O)c1cc(C(=O)O)cc(C(=O)O)c1.CCC(C)COc1ccc(-c2ccc(C#N)cc2)cc1.CCC(C)COc1ccc(OC(=O)c2ccc(-c3ccc(C#N)cc3)cc2)cc1.CCCCOc1ccc(OC(=O)c2ccc(-c3ccc(C#N)cc3)cc2)cc1.Cc1cc(C)cc(C(=O)O)c1.Cc1cc(C)cc(C)c1.O=C(O)C(F)(F)F.[I][V]([I])[I].[I][V][I]. The number of nitrogens with zero attached hydrogens (tertiary/aromatic N) is 3. The van der Waals surface area contributed by atoms with Crippen molar-refractivity contribution in [1.82, 2.24) is 0 Å². The van der Waals surface area contributed by atoms with Gasteiger partial charge in [0.1, 0.15) is 34.3 Å². The summed E-state index contributed by atoms with van der Waals surface area (Å²) in [6.07, 6.45) is -0.794. The fourth-order valence-corrected chi connectivity index (χ4v) is 10.8. The molecule has 4 N–H and O–H groups in total. The Bertz CT molecular complexity index is 5430. The van der Waals surface area contributed by atoms with Gasteiger partial charge in [-0.15, -0.1) is 0 Å². The number of aromatic carboxylic acids is 3. The number of alkyl halides is 3. The maximum absolute atomic E-state index is 12.4. The van der Waals surface area contributed by atoms with E-state index in [4.69, 9.17) is 69.4 Å². The molecule has 130 heavy (non-hydrogen) atoms. The molecule has 20 nitrogen and oxygen atoms in total. The fourth-order valence-electron chi connectivity index (χ4n) is 10.8. The Morgan fingerprint density at radius 2 is 0.623 bits per heavy atom. The second kappa shape index (κ2) is 61.0. The van der Waals surface area contributed by atoms with Crippen molar-refractivity contribution in [3.63, 3.8) is 0 Å². The maximum atomic E-state index is 12.4. The number of ether oxygens (including phenoxy) is 6. The topological polar surface area (TPSA) is 327 Å². The molecule has 30 heteroatoms. The first-order valence-corrected chi connectivity index (χ1v) is 62.6. The summed E-state index contributed by atoms with van der Waals surface area (Å²) in [4.78, 5) is 77.5.